The number of carbonyl (C=O) groups is 2. The van der Waals surface area contributed by atoms with Gasteiger partial charge in [0.1, 0.15) is 6.04 Å². The normalized spacial score (nSPS) is 12.2. The van der Waals surface area contributed by atoms with Crippen molar-refractivity contribution >= 4 is 17.6 Å². The average Bonchev–Trinajstić information content (AvgIpc) is 2.52. The second-order valence-electron chi connectivity index (χ2n) is 4.87. The number of ether oxygens (including phenoxy) is 2. The molecule has 1 rings (SSSR count). The van der Waals surface area contributed by atoms with Gasteiger partial charge in [0.15, 0.2) is 5.75 Å². The number of amides is 1. The summed E-state index contributed by atoms with van der Waals surface area (Å²) < 4.78 is 45.7. The fraction of sp³-hybridized carbons (Fsp3) is 0.429. The quantitative estimate of drug-likeness (QED) is 0.452. The van der Waals surface area contributed by atoms with E-state index in [0.29, 0.717) is 0 Å². The zero-order valence-electron chi connectivity index (χ0n) is 13.3. The van der Waals surface area contributed by atoms with Crippen LogP contribution in [0.1, 0.15) is 23.7 Å². The number of esters is 1. The van der Waals surface area contributed by atoms with E-state index in [2.05, 4.69) is 10.1 Å². The largest absolute Gasteiger partial charge is 0.486 e. The Hall–Kier alpha value is -2.85. The first-order valence-corrected chi connectivity index (χ1v) is 6.92. The number of nitro groups is 1. The third kappa shape index (κ3) is 6.28. The number of nitrogens with one attached hydrogen (secondary N) is 1. The molecule has 0 unspecified atom stereocenters. The average molecular weight is 364 g/mol. The third-order valence-electron chi connectivity index (χ3n) is 2.96. The number of rotatable bonds is 7. The van der Waals surface area contributed by atoms with Crippen molar-refractivity contribution in [3.63, 3.8) is 0 Å². The summed E-state index contributed by atoms with van der Waals surface area (Å²) in [5.41, 5.74) is -0.705. The number of alkyl halides is 3. The first-order valence-electron chi connectivity index (χ1n) is 6.92. The molecule has 0 bridgehead atoms. The van der Waals surface area contributed by atoms with E-state index in [1.165, 1.54) is 6.92 Å². The van der Waals surface area contributed by atoms with Crippen LogP contribution in [0.2, 0.25) is 0 Å². The number of hydrogen-bond acceptors (Lipinski definition) is 6. The van der Waals surface area contributed by atoms with Gasteiger partial charge in [0.2, 0.25) is 0 Å². The molecule has 1 N–H and O–H groups in total. The predicted octanol–water partition coefficient (Wildman–Crippen LogP) is 2.22. The van der Waals surface area contributed by atoms with Gasteiger partial charge in [-0.05, 0) is 13.0 Å². The fourth-order valence-corrected chi connectivity index (χ4v) is 1.71. The molecule has 0 aliphatic heterocycles. The summed E-state index contributed by atoms with van der Waals surface area (Å²) in [5, 5.41) is 13.2. The molecule has 138 valence electrons. The van der Waals surface area contributed by atoms with E-state index >= 15 is 0 Å². The topological polar surface area (TPSA) is 108 Å². The summed E-state index contributed by atoms with van der Waals surface area (Å²) in [4.78, 5) is 33.3. The molecule has 0 radical (unpaired) electrons. The highest BCUT2D eigenvalue weighted by Crippen LogP contribution is 2.29. The molecule has 25 heavy (non-hydrogen) atoms. The van der Waals surface area contributed by atoms with Gasteiger partial charge in [0.25, 0.3) is 5.91 Å². The predicted molar refractivity (Wildman–Crippen MR) is 78.2 cm³/mol. The van der Waals surface area contributed by atoms with Crippen molar-refractivity contribution in [2.24, 2.45) is 0 Å². The number of benzene rings is 1. The lowest BCUT2D eigenvalue weighted by molar-refractivity contribution is -0.385. The Morgan fingerprint density at radius 3 is 2.52 bits per heavy atom. The lowest BCUT2D eigenvalue weighted by Gasteiger charge is -2.13. The van der Waals surface area contributed by atoms with E-state index in [-0.39, 0.29) is 5.56 Å². The lowest BCUT2D eigenvalue weighted by atomic mass is 10.1. The molecule has 0 saturated carbocycles. The second-order valence-corrected chi connectivity index (χ2v) is 4.87. The van der Waals surface area contributed by atoms with Crippen molar-refractivity contribution in [3.05, 3.63) is 33.9 Å². The van der Waals surface area contributed by atoms with Gasteiger partial charge in [-0.3, -0.25) is 14.9 Å². The molecule has 11 heteroatoms. The maximum absolute atomic E-state index is 12.2. The minimum Gasteiger partial charge on any atom is -0.486 e. The SMILES string of the molecule is COC(=O)[C@H](C)NC(=O)c1ccc([N+](=O)[O-])c(OCCC(F)(F)F)c1. The van der Waals surface area contributed by atoms with Gasteiger partial charge in [0.05, 0.1) is 25.1 Å². The van der Waals surface area contributed by atoms with E-state index in [1.54, 1.807) is 0 Å². The molecule has 0 fully saturated rings. The van der Waals surface area contributed by atoms with Gasteiger partial charge >= 0.3 is 17.8 Å². The Balaban J connectivity index is 2.95. The number of carbonyl (C=O) groups excluding carboxylic acids is 2. The first-order chi connectivity index (χ1) is 11.5. The summed E-state index contributed by atoms with van der Waals surface area (Å²) in [6, 6.07) is 1.98. The molecule has 0 aromatic heterocycles. The van der Waals surface area contributed by atoms with Crippen LogP contribution in [0, 0.1) is 10.1 Å². The molecule has 1 atom stereocenters. The molecule has 0 heterocycles. The molecular weight excluding hydrogens is 349 g/mol. The smallest absolute Gasteiger partial charge is 0.392 e. The van der Waals surface area contributed by atoms with Crippen molar-refractivity contribution in [2.75, 3.05) is 13.7 Å². The van der Waals surface area contributed by atoms with Crippen molar-refractivity contribution in [3.8, 4) is 5.75 Å². The molecule has 0 spiro atoms. The van der Waals surface area contributed by atoms with Crippen LogP contribution in [-0.4, -0.2) is 42.7 Å². The Morgan fingerprint density at radius 2 is 2.00 bits per heavy atom. The highest BCUT2D eigenvalue weighted by molar-refractivity contribution is 5.97. The fourth-order valence-electron chi connectivity index (χ4n) is 1.71. The Labute approximate surface area is 140 Å². The highest BCUT2D eigenvalue weighted by Gasteiger charge is 2.28. The number of hydrogen-bond donors (Lipinski definition) is 1. The monoisotopic (exact) mass is 364 g/mol. The van der Waals surface area contributed by atoms with Gasteiger partial charge in [-0.15, -0.1) is 0 Å². The maximum atomic E-state index is 12.2. The second kappa shape index (κ2) is 8.31. The van der Waals surface area contributed by atoms with Crippen LogP contribution >= 0.6 is 0 Å². The summed E-state index contributed by atoms with van der Waals surface area (Å²) in [5.74, 6) is -1.96. The first kappa shape index (κ1) is 20.2. The third-order valence-corrected chi connectivity index (χ3v) is 2.96. The summed E-state index contributed by atoms with van der Waals surface area (Å²) in [6.07, 6.45) is -5.79. The summed E-state index contributed by atoms with van der Waals surface area (Å²) in [6.45, 7) is 0.518. The minimum atomic E-state index is -4.49. The highest BCUT2D eigenvalue weighted by atomic mass is 19.4. The van der Waals surface area contributed by atoms with Crippen LogP contribution in [0.5, 0.6) is 5.75 Å². The van der Waals surface area contributed by atoms with Crippen LogP contribution < -0.4 is 10.1 Å². The van der Waals surface area contributed by atoms with Crippen LogP contribution in [0.4, 0.5) is 18.9 Å². The number of nitrogens with zero attached hydrogens (tertiary/aromatic N) is 1. The van der Waals surface area contributed by atoms with Crippen LogP contribution in [0.3, 0.4) is 0 Å². The molecule has 1 amide bonds. The molecule has 8 nitrogen and oxygen atoms in total. The van der Waals surface area contributed by atoms with Gasteiger partial charge in [-0.1, -0.05) is 0 Å². The van der Waals surface area contributed by atoms with Crippen molar-refractivity contribution < 1.29 is 37.2 Å². The van der Waals surface area contributed by atoms with E-state index in [4.69, 9.17) is 4.74 Å². The van der Waals surface area contributed by atoms with Crippen molar-refractivity contribution in [1.82, 2.24) is 5.32 Å². The van der Waals surface area contributed by atoms with Gasteiger partial charge in [0, 0.05) is 17.7 Å². The molecule has 1 aromatic carbocycles. The van der Waals surface area contributed by atoms with Crippen molar-refractivity contribution in [1.29, 1.82) is 0 Å². The van der Waals surface area contributed by atoms with Gasteiger partial charge < -0.3 is 14.8 Å². The van der Waals surface area contributed by atoms with Crippen LogP contribution in [-0.2, 0) is 9.53 Å². The molecular formula is C14H15F3N2O6. The van der Waals surface area contributed by atoms with E-state index < -0.39 is 53.5 Å². The summed E-state index contributed by atoms with van der Waals surface area (Å²) >= 11 is 0. The number of methoxy groups -OCH3 is 1. The van der Waals surface area contributed by atoms with Crippen LogP contribution in [0.15, 0.2) is 18.2 Å². The van der Waals surface area contributed by atoms with E-state index in [1.807, 2.05) is 0 Å². The van der Waals surface area contributed by atoms with E-state index in [0.717, 1.165) is 25.3 Å². The van der Waals surface area contributed by atoms with E-state index in [9.17, 15) is 32.9 Å². The van der Waals surface area contributed by atoms with Gasteiger partial charge in [-0.2, -0.15) is 13.2 Å². The zero-order chi connectivity index (χ0) is 19.2. The standard InChI is InChI=1S/C14H15F3N2O6/c1-8(13(21)24-2)18-12(20)9-3-4-10(19(22)23)11(7-9)25-6-5-14(15,16)17/h3-4,7-8H,5-6H2,1-2H3,(H,18,20)/t8-/m0/s1. The molecule has 0 aliphatic carbocycles. The number of halogens is 3. The minimum absolute atomic E-state index is 0.122. The lowest BCUT2D eigenvalue weighted by Crippen LogP contribution is -2.39. The molecule has 0 saturated heterocycles. The van der Waals surface area contributed by atoms with Crippen LogP contribution in [0.25, 0.3) is 0 Å². The zero-order valence-corrected chi connectivity index (χ0v) is 13.3. The number of nitro benzene ring substituents is 1. The molecule has 1 aromatic rings. The Bertz CT molecular complexity index is 662. The van der Waals surface area contributed by atoms with Crippen molar-refractivity contribution in [2.45, 2.75) is 25.6 Å². The molecule has 0 aliphatic rings. The Morgan fingerprint density at radius 1 is 1.36 bits per heavy atom. The maximum Gasteiger partial charge on any atom is 0.392 e. The van der Waals surface area contributed by atoms with Gasteiger partial charge in [-0.25, -0.2) is 4.79 Å². The summed E-state index contributed by atoms with van der Waals surface area (Å²) in [7, 11) is 1.13. The Kier molecular flexibility index (Phi) is 6.71.